The fourth-order valence-electron chi connectivity index (χ4n) is 3.05. The molecule has 0 atom stereocenters. The molecular weight excluding hydrogens is 312 g/mol. The molecule has 0 nitrogen and oxygen atoms in total. The Balaban J connectivity index is 1.44. The van der Waals surface area contributed by atoms with E-state index in [4.69, 9.17) is 0 Å². The van der Waals surface area contributed by atoms with Gasteiger partial charge in [-0.15, -0.1) is 0 Å². The summed E-state index contributed by atoms with van der Waals surface area (Å²) in [5.41, 5.74) is 5.53. The number of allylic oxidation sites excluding steroid dienone is 4. The van der Waals surface area contributed by atoms with E-state index in [1.165, 1.54) is 22.3 Å². The van der Waals surface area contributed by atoms with Gasteiger partial charge in [0.1, 0.15) is 0 Å². The molecule has 0 unspecified atom stereocenters. The Morgan fingerprint density at radius 1 is 0.538 bits per heavy atom. The molecule has 0 aliphatic rings. The highest BCUT2D eigenvalue weighted by Crippen LogP contribution is 2.13. The molecule has 0 aliphatic carbocycles. The van der Waals surface area contributed by atoms with E-state index in [2.05, 4.69) is 109 Å². The first kappa shape index (κ1) is 17.9. The zero-order chi connectivity index (χ0) is 17.9. The fraction of sp³-hybridized carbons (Fsp3) is 0.154. The van der Waals surface area contributed by atoms with Crippen molar-refractivity contribution in [3.63, 3.8) is 0 Å². The lowest BCUT2D eigenvalue weighted by Crippen LogP contribution is -1.90. The zero-order valence-electron chi connectivity index (χ0n) is 15.2. The van der Waals surface area contributed by atoms with Crippen LogP contribution in [0.2, 0.25) is 0 Å². The van der Waals surface area contributed by atoms with Gasteiger partial charge in [-0.2, -0.15) is 0 Å². The summed E-state index contributed by atoms with van der Waals surface area (Å²) in [7, 11) is 0. The first-order valence-corrected chi connectivity index (χ1v) is 9.37. The number of hydrogen-bond acceptors (Lipinski definition) is 0. The molecule has 3 aromatic rings. The normalized spacial score (nSPS) is 11.4. The maximum absolute atomic E-state index is 2.34. The van der Waals surface area contributed by atoms with Gasteiger partial charge in [0.05, 0.1) is 0 Å². The van der Waals surface area contributed by atoms with E-state index in [1.807, 2.05) is 0 Å². The highest BCUT2D eigenvalue weighted by atomic mass is 14.0. The Morgan fingerprint density at radius 3 is 1.92 bits per heavy atom. The highest BCUT2D eigenvalue weighted by molar-refractivity contribution is 5.29. The van der Waals surface area contributed by atoms with Crippen LogP contribution < -0.4 is 0 Å². The van der Waals surface area contributed by atoms with Crippen molar-refractivity contribution in [2.45, 2.75) is 25.7 Å². The molecule has 0 spiro atoms. The van der Waals surface area contributed by atoms with Gasteiger partial charge in [-0.25, -0.2) is 0 Å². The molecule has 0 aromatic heterocycles. The van der Waals surface area contributed by atoms with E-state index in [9.17, 15) is 0 Å². The van der Waals surface area contributed by atoms with Gasteiger partial charge < -0.3 is 0 Å². The molecule has 0 N–H and O–H groups in total. The largest absolute Gasteiger partial charge is 0.0842 e. The Hall–Kier alpha value is -2.86. The van der Waals surface area contributed by atoms with E-state index in [0.29, 0.717) is 0 Å². The van der Waals surface area contributed by atoms with Crippen molar-refractivity contribution in [1.29, 1.82) is 0 Å². The first-order valence-electron chi connectivity index (χ1n) is 9.37. The van der Waals surface area contributed by atoms with Gasteiger partial charge in [-0.1, -0.05) is 109 Å². The SMILES string of the molecule is C(=C/CCc1cccc(Cc2ccccc2)c1)/C=C/Cc1ccccc1. The summed E-state index contributed by atoms with van der Waals surface area (Å²) in [5, 5.41) is 0. The highest BCUT2D eigenvalue weighted by Gasteiger charge is 1.98. The van der Waals surface area contributed by atoms with Crippen LogP contribution in [0, 0.1) is 0 Å². The van der Waals surface area contributed by atoms with Crippen LogP contribution in [0.3, 0.4) is 0 Å². The third-order valence-corrected chi connectivity index (χ3v) is 4.42. The summed E-state index contributed by atoms with van der Waals surface area (Å²) < 4.78 is 0. The molecule has 0 saturated carbocycles. The number of rotatable bonds is 8. The maximum Gasteiger partial charge on any atom is -0.00257 e. The average molecular weight is 338 g/mol. The van der Waals surface area contributed by atoms with Gasteiger partial charge >= 0.3 is 0 Å². The molecule has 3 rings (SSSR count). The molecule has 3 aromatic carbocycles. The van der Waals surface area contributed by atoms with E-state index < -0.39 is 0 Å². The Kier molecular flexibility index (Phi) is 7.04. The second-order valence-corrected chi connectivity index (χ2v) is 6.57. The van der Waals surface area contributed by atoms with Gasteiger partial charge in [-0.05, 0) is 47.9 Å². The molecule has 0 heteroatoms. The molecule has 0 radical (unpaired) electrons. The molecule has 26 heavy (non-hydrogen) atoms. The molecule has 130 valence electrons. The van der Waals surface area contributed by atoms with Crippen molar-refractivity contribution in [3.05, 3.63) is 131 Å². The summed E-state index contributed by atoms with van der Waals surface area (Å²) in [4.78, 5) is 0. The van der Waals surface area contributed by atoms with Crippen molar-refractivity contribution in [1.82, 2.24) is 0 Å². The van der Waals surface area contributed by atoms with Crippen LogP contribution in [0.5, 0.6) is 0 Å². The zero-order valence-corrected chi connectivity index (χ0v) is 15.2. The smallest absolute Gasteiger partial charge is 0.00257 e. The molecule has 0 aliphatic heterocycles. The molecule has 0 fully saturated rings. The Labute approximate surface area is 157 Å². The minimum Gasteiger partial charge on any atom is -0.0842 e. The lowest BCUT2D eigenvalue weighted by Gasteiger charge is -2.05. The average Bonchev–Trinajstić information content (AvgIpc) is 2.69. The van der Waals surface area contributed by atoms with Gasteiger partial charge in [-0.3, -0.25) is 0 Å². The van der Waals surface area contributed by atoms with Crippen LogP contribution in [-0.4, -0.2) is 0 Å². The van der Waals surface area contributed by atoms with Crippen molar-refractivity contribution >= 4 is 0 Å². The molecule has 0 bridgehead atoms. The van der Waals surface area contributed by atoms with E-state index in [-0.39, 0.29) is 0 Å². The first-order chi connectivity index (χ1) is 12.9. The minimum absolute atomic E-state index is 0.993. The van der Waals surface area contributed by atoms with Crippen LogP contribution in [0.4, 0.5) is 0 Å². The van der Waals surface area contributed by atoms with Gasteiger partial charge in [0.25, 0.3) is 0 Å². The molecule has 0 saturated heterocycles. The number of aryl methyl sites for hydroxylation is 1. The Bertz CT molecular complexity index is 826. The number of hydrogen-bond donors (Lipinski definition) is 0. The summed E-state index contributed by atoms with van der Waals surface area (Å²) >= 11 is 0. The van der Waals surface area contributed by atoms with Crippen LogP contribution >= 0.6 is 0 Å². The predicted octanol–water partition coefficient (Wildman–Crippen LogP) is 6.57. The second kappa shape index (κ2) is 10.2. The second-order valence-electron chi connectivity index (χ2n) is 6.57. The lowest BCUT2D eigenvalue weighted by atomic mass is 10.0. The molecule has 0 heterocycles. The minimum atomic E-state index is 0.993. The Morgan fingerprint density at radius 2 is 1.15 bits per heavy atom. The van der Waals surface area contributed by atoms with E-state index in [0.717, 1.165) is 25.7 Å². The monoisotopic (exact) mass is 338 g/mol. The van der Waals surface area contributed by atoms with Crippen molar-refractivity contribution in [3.8, 4) is 0 Å². The van der Waals surface area contributed by atoms with Gasteiger partial charge in [0, 0.05) is 0 Å². The summed E-state index contributed by atoms with van der Waals surface area (Å²) in [5.74, 6) is 0. The summed E-state index contributed by atoms with van der Waals surface area (Å²) in [6.45, 7) is 0. The van der Waals surface area contributed by atoms with E-state index in [1.54, 1.807) is 0 Å². The molecular formula is C26H26. The van der Waals surface area contributed by atoms with Gasteiger partial charge in [0.2, 0.25) is 0 Å². The predicted molar refractivity (Wildman–Crippen MR) is 112 cm³/mol. The lowest BCUT2D eigenvalue weighted by molar-refractivity contribution is 0.994. The third kappa shape index (κ3) is 6.22. The third-order valence-electron chi connectivity index (χ3n) is 4.42. The van der Waals surface area contributed by atoms with Gasteiger partial charge in [0.15, 0.2) is 0 Å². The topological polar surface area (TPSA) is 0 Å². The summed E-state index contributed by atoms with van der Waals surface area (Å²) in [6.07, 6.45) is 12.9. The van der Waals surface area contributed by atoms with Crippen LogP contribution in [0.1, 0.15) is 28.7 Å². The molecule has 0 amide bonds. The summed E-state index contributed by atoms with van der Waals surface area (Å²) in [6, 6.07) is 30.2. The van der Waals surface area contributed by atoms with Crippen LogP contribution in [-0.2, 0) is 19.3 Å². The maximum atomic E-state index is 2.34. The van der Waals surface area contributed by atoms with Crippen LogP contribution in [0.15, 0.2) is 109 Å². The van der Waals surface area contributed by atoms with Crippen molar-refractivity contribution in [2.75, 3.05) is 0 Å². The number of benzene rings is 3. The van der Waals surface area contributed by atoms with E-state index >= 15 is 0 Å². The van der Waals surface area contributed by atoms with Crippen LogP contribution in [0.25, 0.3) is 0 Å². The standard InChI is InChI=1S/C26H26/c1(2-6-13-23-14-8-4-9-15-23)3-7-16-25-19-12-20-26(22-25)21-24-17-10-5-11-18-24/h1-6,8-12,14-15,17-20,22H,7,13,16,21H2/b3-1-,6-2+. The van der Waals surface area contributed by atoms with Crippen molar-refractivity contribution < 1.29 is 0 Å². The fourth-order valence-corrected chi connectivity index (χ4v) is 3.05. The quantitative estimate of drug-likeness (QED) is 0.408. The van der Waals surface area contributed by atoms with Crippen molar-refractivity contribution in [2.24, 2.45) is 0 Å².